The van der Waals surface area contributed by atoms with Crippen LogP contribution in [-0.2, 0) is 4.79 Å². The number of nitrogens with one attached hydrogen (secondary N) is 2. The van der Waals surface area contributed by atoms with Crippen molar-refractivity contribution in [3.05, 3.63) is 17.7 Å². The maximum Gasteiger partial charge on any atom is 0.304 e. The average molecular weight is 280 g/mol. The molecule has 0 bridgehead atoms. The summed E-state index contributed by atoms with van der Waals surface area (Å²) >= 11 is 0. The number of ether oxygens (including phenoxy) is 2. The summed E-state index contributed by atoms with van der Waals surface area (Å²) in [6, 6.07) is 3.99. The number of benzene rings is 1. The molecule has 20 heavy (non-hydrogen) atoms. The Kier molecular flexibility index (Phi) is 4.68. The zero-order valence-corrected chi connectivity index (χ0v) is 11.7. The van der Waals surface area contributed by atoms with Gasteiger partial charge in [0.25, 0.3) is 0 Å². The predicted octanol–water partition coefficient (Wildman–Crippen LogP) is 1.62. The van der Waals surface area contributed by atoms with Gasteiger partial charge in [0.15, 0.2) is 11.5 Å². The van der Waals surface area contributed by atoms with Crippen LogP contribution in [0.1, 0.15) is 24.4 Å². The fourth-order valence-corrected chi connectivity index (χ4v) is 2.41. The normalized spacial score (nSPS) is 17.0. The minimum atomic E-state index is -0.793. The number of carboxylic acids is 1. The van der Waals surface area contributed by atoms with E-state index in [1.54, 1.807) is 14.2 Å². The molecule has 1 atom stereocenters. The highest BCUT2D eigenvalue weighted by Crippen LogP contribution is 2.39. The van der Waals surface area contributed by atoms with Gasteiger partial charge >= 0.3 is 5.97 Å². The van der Waals surface area contributed by atoms with Crippen LogP contribution >= 0.6 is 0 Å². The minimum absolute atomic E-state index is 0.118. The van der Waals surface area contributed by atoms with Gasteiger partial charge in [-0.3, -0.25) is 4.79 Å². The first kappa shape index (κ1) is 14.5. The van der Waals surface area contributed by atoms with Crippen molar-refractivity contribution in [3.8, 4) is 11.5 Å². The largest absolute Gasteiger partial charge is 0.493 e. The number of rotatable bonds is 6. The summed E-state index contributed by atoms with van der Waals surface area (Å²) in [6.07, 6.45) is 1.02. The van der Waals surface area contributed by atoms with Crippen LogP contribution in [0.25, 0.3) is 0 Å². The van der Waals surface area contributed by atoms with E-state index in [-0.39, 0.29) is 12.5 Å². The quantitative estimate of drug-likeness (QED) is 0.735. The standard InChI is InChI=1S/C14H20N2O4/c1-19-12-7-9-10(15-6-4-14(17)18)3-5-16-11(9)8-13(12)20-2/h7-8,10,15-16H,3-6H2,1-2H3,(H,17,18). The maximum absolute atomic E-state index is 10.6. The lowest BCUT2D eigenvalue weighted by molar-refractivity contribution is -0.136. The summed E-state index contributed by atoms with van der Waals surface area (Å²) in [5.41, 5.74) is 2.08. The van der Waals surface area contributed by atoms with Gasteiger partial charge in [0.05, 0.1) is 20.6 Å². The summed E-state index contributed by atoms with van der Waals surface area (Å²) < 4.78 is 10.6. The van der Waals surface area contributed by atoms with Gasteiger partial charge in [-0.2, -0.15) is 0 Å². The molecule has 1 aliphatic heterocycles. The van der Waals surface area contributed by atoms with E-state index in [2.05, 4.69) is 10.6 Å². The van der Waals surface area contributed by atoms with E-state index in [4.69, 9.17) is 14.6 Å². The van der Waals surface area contributed by atoms with E-state index < -0.39 is 5.97 Å². The lowest BCUT2D eigenvalue weighted by Crippen LogP contribution is -2.29. The van der Waals surface area contributed by atoms with Crippen molar-refractivity contribution < 1.29 is 19.4 Å². The lowest BCUT2D eigenvalue weighted by atomic mass is 9.97. The molecule has 3 N–H and O–H groups in total. The zero-order chi connectivity index (χ0) is 14.5. The van der Waals surface area contributed by atoms with Crippen molar-refractivity contribution in [1.29, 1.82) is 0 Å². The Labute approximate surface area is 118 Å². The molecule has 0 fully saturated rings. The van der Waals surface area contributed by atoms with Gasteiger partial charge < -0.3 is 25.2 Å². The number of anilines is 1. The van der Waals surface area contributed by atoms with E-state index >= 15 is 0 Å². The second-order valence-corrected chi connectivity index (χ2v) is 4.66. The number of hydrogen-bond acceptors (Lipinski definition) is 5. The molecule has 1 aliphatic rings. The molecular formula is C14H20N2O4. The topological polar surface area (TPSA) is 79.8 Å². The van der Waals surface area contributed by atoms with E-state index in [0.717, 1.165) is 24.2 Å². The van der Waals surface area contributed by atoms with Crippen LogP contribution in [0, 0.1) is 0 Å². The molecule has 6 heteroatoms. The monoisotopic (exact) mass is 280 g/mol. The van der Waals surface area contributed by atoms with Crippen LogP contribution in [0.4, 0.5) is 5.69 Å². The molecule has 1 unspecified atom stereocenters. The molecule has 2 rings (SSSR count). The number of aliphatic carboxylic acids is 1. The third-order valence-electron chi connectivity index (χ3n) is 3.41. The smallest absolute Gasteiger partial charge is 0.304 e. The van der Waals surface area contributed by atoms with Crippen molar-refractivity contribution in [3.63, 3.8) is 0 Å². The van der Waals surface area contributed by atoms with Crippen molar-refractivity contribution in [1.82, 2.24) is 5.32 Å². The van der Waals surface area contributed by atoms with E-state index in [0.29, 0.717) is 18.0 Å². The molecule has 110 valence electrons. The third kappa shape index (κ3) is 3.14. The average Bonchev–Trinajstić information content (AvgIpc) is 2.45. The number of fused-ring (bicyclic) bond motifs is 1. The Morgan fingerprint density at radius 2 is 2.10 bits per heavy atom. The Balaban J connectivity index is 2.18. The van der Waals surface area contributed by atoms with Gasteiger partial charge in [-0.1, -0.05) is 0 Å². The Morgan fingerprint density at radius 1 is 1.40 bits per heavy atom. The highest BCUT2D eigenvalue weighted by Gasteiger charge is 2.22. The van der Waals surface area contributed by atoms with Crippen LogP contribution in [0.5, 0.6) is 11.5 Å². The molecule has 1 heterocycles. The molecular weight excluding hydrogens is 260 g/mol. The van der Waals surface area contributed by atoms with Crippen LogP contribution in [0.15, 0.2) is 12.1 Å². The summed E-state index contributed by atoms with van der Waals surface area (Å²) in [4.78, 5) is 10.6. The molecule has 0 aromatic heterocycles. The van der Waals surface area contributed by atoms with E-state index in [9.17, 15) is 4.79 Å². The number of hydrogen-bond donors (Lipinski definition) is 3. The molecule has 0 aliphatic carbocycles. The van der Waals surface area contributed by atoms with Crippen molar-refractivity contribution >= 4 is 11.7 Å². The first-order valence-corrected chi connectivity index (χ1v) is 6.60. The predicted molar refractivity (Wildman–Crippen MR) is 75.6 cm³/mol. The van der Waals surface area contributed by atoms with Gasteiger partial charge in [-0.15, -0.1) is 0 Å². The van der Waals surface area contributed by atoms with E-state index in [1.807, 2.05) is 12.1 Å². The highest BCUT2D eigenvalue weighted by molar-refractivity contribution is 5.67. The number of carboxylic acid groups (broad SMARTS) is 1. The first-order chi connectivity index (χ1) is 9.65. The molecule has 0 saturated carbocycles. The highest BCUT2D eigenvalue weighted by atomic mass is 16.5. The second kappa shape index (κ2) is 6.47. The van der Waals surface area contributed by atoms with Gasteiger partial charge in [0.1, 0.15) is 0 Å². The molecule has 0 amide bonds. The van der Waals surface area contributed by atoms with Crippen LogP contribution in [0.2, 0.25) is 0 Å². The Hall–Kier alpha value is -1.95. The Bertz CT molecular complexity index is 490. The summed E-state index contributed by atoms with van der Waals surface area (Å²) in [6.45, 7) is 1.29. The molecule has 0 radical (unpaired) electrons. The van der Waals surface area contributed by atoms with Crippen LogP contribution in [0.3, 0.4) is 0 Å². The Morgan fingerprint density at radius 3 is 2.75 bits per heavy atom. The fraction of sp³-hybridized carbons (Fsp3) is 0.500. The summed E-state index contributed by atoms with van der Waals surface area (Å²) in [7, 11) is 3.21. The SMILES string of the molecule is COc1cc2c(cc1OC)C(NCCC(=O)O)CCN2. The van der Waals surface area contributed by atoms with Crippen molar-refractivity contribution in [2.24, 2.45) is 0 Å². The van der Waals surface area contributed by atoms with Gasteiger partial charge in [-0.05, 0) is 18.1 Å². The van der Waals surface area contributed by atoms with E-state index in [1.165, 1.54) is 0 Å². The molecule has 0 saturated heterocycles. The number of methoxy groups -OCH3 is 2. The number of carbonyl (C=O) groups is 1. The lowest BCUT2D eigenvalue weighted by Gasteiger charge is -2.28. The van der Waals surface area contributed by atoms with Crippen LogP contribution in [-0.4, -0.2) is 38.4 Å². The van der Waals surface area contributed by atoms with Gasteiger partial charge in [-0.25, -0.2) is 0 Å². The van der Waals surface area contributed by atoms with Crippen molar-refractivity contribution in [2.45, 2.75) is 18.9 Å². The molecule has 6 nitrogen and oxygen atoms in total. The summed E-state index contributed by atoms with van der Waals surface area (Å²) in [5.74, 6) is 0.573. The second-order valence-electron chi connectivity index (χ2n) is 4.66. The summed E-state index contributed by atoms with van der Waals surface area (Å²) in [5, 5.41) is 15.3. The van der Waals surface area contributed by atoms with Gasteiger partial charge in [0, 0.05) is 30.9 Å². The third-order valence-corrected chi connectivity index (χ3v) is 3.41. The zero-order valence-electron chi connectivity index (χ0n) is 11.7. The van der Waals surface area contributed by atoms with Crippen molar-refractivity contribution in [2.75, 3.05) is 32.6 Å². The van der Waals surface area contributed by atoms with Gasteiger partial charge in [0.2, 0.25) is 0 Å². The van der Waals surface area contributed by atoms with Crippen LogP contribution < -0.4 is 20.1 Å². The minimum Gasteiger partial charge on any atom is -0.493 e. The fourth-order valence-electron chi connectivity index (χ4n) is 2.41. The molecule has 0 spiro atoms. The first-order valence-electron chi connectivity index (χ1n) is 6.60. The maximum atomic E-state index is 10.6. The molecule has 1 aromatic rings. The molecule has 1 aromatic carbocycles.